The third-order valence-corrected chi connectivity index (χ3v) is 9.80. The summed E-state index contributed by atoms with van der Waals surface area (Å²) in [4.78, 5) is 26.4. The van der Waals surface area contributed by atoms with Gasteiger partial charge >= 0.3 is 12.4 Å². The van der Waals surface area contributed by atoms with Gasteiger partial charge in [-0.1, -0.05) is 83.9 Å². The summed E-state index contributed by atoms with van der Waals surface area (Å²) >= 11 is 11.7. The molecule has 63 heavy (non-hydrogen) atoms. The highest BCUT2D eigenvalue weighted by Crippen LogP contribution is 2.39. The molecule has 0 radical (unpaired) electrons. The first-order chi connectivity index (χ1) is 29.8. The second-order valence-electron chi connectivity index (χ2n) is 13.5. The van der Waals surface area contributed by atoms with E-state index in [4.69, 9.17) is 28.9 Å². The fraction of sp³-hybridized carbons (Fsp3) is 0.109. The van der Waals surface area contributed by atoms with E-state index in [0.29, 0.717) is 55.5 Å². The van der Waals surface area contributed by atoms with Crippen molar-refractivity contribution in [1.29, 1.82) is 0 Å². The van der Waals surface area contributed by atoms with Gasteiger partial charge in [-0.25, -0.2) is 9.97 Å². The number of rotatable bonds is 5. The Hall–Kier alpha value is -6.97. The van der Waals surface area contributed by atoms with Crippen LogP contribution < -0.4 is 11.1 Å². The van der Waals surface area contributed by atoms with Crippen LogP contribution in [-0.4, -0.2) is 36.4 Å². The molecule has 1 unspecified atom stereocenters. The Labute approximate surface area is 366 Å². The molecule has 4 aromatic heterocycles. The molecule has 0 aliphatic rings. The predicted molar refractivity (Wildman–Crippen MR) is 233 cm³/mol. The van der Waals surface area contributed by atoms with E-state index < -0.39 is 29.5 Å². The van der Waals surface area contributed by atoms with Crippen molar-refractivity contribution >= 4 is 62.9 Å². The van der Waals surface area contributed by atoms with Crippen LogP contribution in [0.1, 0.15) is 49.8 Å². The molecule has 9 nitrogen and oxygen atoms in total. The Morgan fingerprint density at radius 3 is 1.79 bits per heavy atom. The molecular weight excluding hydrogens is 869 g/mol. The number of hydrogen-bond donors (Lipinski definition) is 4. The number of phenolic OH excluding ortho intramolecular Hbond substituents is 2. The number of aryl methyl sites for hydroxylation is 2. The number of pyridine rings is 4. The summed E-state index contributed by atoms with van der Waals surface area (Å²) in [5.41, 5.74) is 7.24. The van der Waals surface area contributed by atoms with Crippen LogP contribution in [0.5, 0.6) is 11.5 Å². The number of fused-ring (bicyclic) bond motifs is 2. The van der Waals surface area contributed by atoms with Crippen LogP contribution >= 0.6 is 23.2 Å². The minimum atomic E-state index is -4.50. The number of benzene rings is 4. The molecule has 8 aromatic rings. The van der Waals surface area contributed by atoms with Crippen LogP contribution in [0.25, 0.3) is 21.8 Å². The number of aldehydes is 1. The fourth-order valence-electron chi connectivity index (χ4n) is 5.82. The third kappa shape index (κ3) is 12.8. The lowest BCUT2D eigenvalue weighted by Crippen LogP contribution is -2.15. The number of carbonyl (C=O) groups is 1. The van der Waals surface area contributed by atoms with E-state index in [1.54, 1.807) is 80.1 Å². The first-order valence-corrected chi connectivity index (χ1v) is 19.3. The number of nitrogens with one attached hydrogen (secondary N) is 1. The van der Waals surface area contributed by atoms with Crippen molar-refractivity contribution in [2.75, 3.05) is 11.1 Å². The summed E-state index contributed by atoms with van der Waals surface area (Å²) in [6, 6.07) is 27.9. The van der Waals surface area contributed by atoms with Gasteiger partial charge in [0, 0.05) is 46.7 Å². The van der Waals surface area contributed by atoms with Gasteiger partial charge in [0.15, 0.2) is 0 Å². The van der Waals surface area contributed by atoms with Crippen LogP contribution in [-0.2, 0) is 12.4 Å². The molecule has 8 rings (SSSR count). The van der Waals surface area contributed by atoms with E-state index in [1.807, 2.05) is 25.1 Å². The highest BCUT2D eigenvalue weighted by molar-refractivity contribution is 6.31. The van der Waals surface area contributed by atoms with Gasteiger partial charge < -0.3 is 21.3 Å². The normalized spacial score (nSPS) is 11.5. The van der Waals surface area contributed by atoms with Gasteiger partial charge in [-0.3, -0.25) is 14.8 Å². The van der Waals surface area contributed by atoms with Crippen LogP contribution in [0.3, 0.4) is 0 Å². The molecule has 0 amide bonds. The molecule has 324 valence electrons. The van der Waals surface area contributed by atoms with Crippen molar-refractivity contribution in [3.8, 4) is 11.5 Å². The molecule has 1 atom stereocenters. The molecule has 0 fully saturated rings. The number of nitrogens with zero attached hydrogens (tertiary/aromatic N) is 4. The first-order valence-electron chi connectivity index (χ1n) is 18.5. The smallest absolute Gasteiger partial charge is 0.416 e. The average molecular weight is 906 g/mol. The summed E-state index contributed by atoms with van der Waals surface area (Å²) in [5.74, 6) is 1.04. The van der Waals surface area contributed by atoms with E-state index in [1.165, 1.54) is 24.4 Å². The number of para-hydroxylation sites is 1. The zero-order valence-electron chi connectivity index (χ0n) is 33.1. The molecule has 4 aromatic carbocycles. The number of nitrogen functional groups attached to an aromatic ring is 1. The average Bonchev–Trinajstić information content (AvgIpc) is 3.26. The van der Waals surface area contributed by atoms with E-state index in [-0.39, 0.29) is 17.1 Å². The van der Waals surface area contributed by atoms with Crippen LogP contribution in [0, 0.1) is 13.8 Å². The number of anilines is 2. The zero-order chi connectivity index (χ0) is 45.9. The van der Waals surface area contributed by atoms with Gasteiger partial charge in [0.25, 0.3) is 0 Å². The number of hydrogen-bond acceptors (Lipinski definition) is 9. The lowest BCUT2D eigenvalue weighted by molar-refractivity contribution is -0.138. The monoisotopic (exact) mass is 904 g/mol. The highest BCUT2D eigenvalue weighted by atomic mass is 35.5. The molecule has 0 aliphatic carbocycles. The quantitative estimate of drug-likeness (QED) is 0.0979. The van der Waals surface area contributed by atoms with Crippen molar-refractivity contribution in [2.45, 2.75) is 32.2 Å². The van der Waals surface area contributed by atoms with Gasteiger partial charge in [-0.2, -0.15) is 26.3 Å². The minimum Gasteiger partial charge on any atom is -0.506 e. The van der Waals surface area contributed by atoms with Crippen LogP contribution in [0.15, 0.2) is 140 Å². The Balaban J connectivity index is 0.000000189. The molecule has 0 aliphatic heterocycles. The van der Waals surface area contributed by atoms with Gasteiger partial charge in [0.05, 0.1) is 27.2 Å². The van der Waals surface area contributed by atoms with Gasteiger partial charge in [0.1, 0.15) is 40.5 Å². The number of phenols is 2. The summed E-state index contributed by atoms with van der Waals surface area (Å²) in [5, 5.41) is 26.2. The summed E-state index contributed by atoms with van der Waals surface area (Å²) in [6.07, 6.45) is -2.27. The standard InChI is InChI=1S/C23H17ClF3N3O.C9H7NO.C8H5F3O.C6H7ClN2/c1-13-10-19(29-12-18(13)24)30-20(15-4-2-6-16(11-15)23(25,26)27)17-8-7-14-5-3-9-28-21(14)22(17)31;11-8-5-1-3-7-4-2-6-10-9(7)8;9-8(10,11)7-3-1-2-6(4-7)5-12;1-4-2-6(8)9-3-5(4)7/h2-12,20,31H,1H3,(H,29,30);1-6,11H;1-5H;2-3H,1H3,(H2,8,9). The van der Waals surface area contributed by atoms with Gasteiger partial charge in [0.2, 0.25) is 0 Å². The summed E-state index contributed by atoms with van der Waals surface area (Å²) in [7, 11) is 0. The first kappa shape index (κ1) is 47.1. The maximum absolute atomic E-state index is 13.3. The Bertz CT molecular complexity index is 2840. The highest BCUT2D eigenvalue weighted by Gasteiger charge is 2.32. The largest absolute Gasteiger partial charge is 0.506 e. The van der Waals surface area contributed by atoms with Crippen molar-refractivity contribution < 1.29 is 41.4 Å². The van der Waals surface area contributed by atoms with E-state index in [9.17, 15) is 41.4 Å². The van der Waals surface area contributed by atoms with Crippen molar-refractivity contribution in [3.05, 3.63) is 189 Å². The second kappa shape index (κ2) is 20.7. The molecule has 17 heteroatoms. The number of aromatic hydroxyl groups is 2. The molecule has 0 spiro atoms. The number of aromatic nitrogens is 4. The molecule has 5 N–H and O–H groups in total. The fourth-order valence-corrected chi connectivity index (χ4v) is 6.02. The lowest BCUT2D eigenvalue weighted by Gasteiger charge is -2.23. The van der Waals surface area contributed by atoms with Crippen molar-refractivity contribution in [1.82, 2.24) is 19.9 Å². The molecular formula is C46H36Cl2F6N6O3. The maximum Gasteiger partial charge on any atom is 0.416 e. The van der Waals surface area contributed by atoms with Crippen LogP contribution in [0.4, 0.5) is 38.0 Å². The topological polar surface area (TPSA) is 147 Å². The predicted octanol–water partition coefficient (Wildman–Crippen LogP) is 12.6. The van der Waals surface area contributed by atoms with Gasteiger partial charge in [-0.15, -0.1) is 0 Å². The number of alkyl halides is 6. The summed E-state index contributed by atoms with van der Waals surface area (Å²) in [6.45, 7) is 3.69. The minimum absolute atomic E-state index is 0.0322. The summed E-state index contributed by atoms with van der Waals surface area (Å²) < 4.78 is 76.0. The van der Waals surface area contributed by atoms with E-state index in [2.05, 4.69) is 25.3 Å². The lowest BCUT2D eigenvalue weighted by atomic mass is 9.95. The Morgan fingerprint density at radius 2 is 1.21 bits per heavy atom. The molecule has 0 saturated carbocycles. The number of nitrogens with two attached hydrogens (primary N) is 1. The zero-order valence-corrected chi connectivity index (χ0v) is 34.6. The number of halogens is 8. The third-order valence-electron chi connectivity index (χ3n) is 9.01. The van der Waals surface area contributed by atoms with E-state index >= 15 is 0 Å². The molecule has 4 heterocycles. The molecule has 0 saturated heterocycles. The Morgan fingerprint density at radius 1 is 0.651 bits per heavy atom. The van der Waals surface area contributed by atoms with Crippen molar-refractivity contribution in [2.24, 2.45) is 0 Å². The van der Waals surface area contributed by atoms with Gasteiger partial charge in [-0.05, 0) is 85.1 Å². The van der Waals surface area contributed by atoms with Crippen molar-refractivity contribution in [3.63, 3.8) is 0 Å². The SMILES string of the molecule is Cc1cc(N)ncc1Cl.Cc1cc(NC(c2cccc(C(F)(F)F)c2)c2ccc3cccnc3c2O)ncc1Cl.O=Cc1cccc(C(F)(F)F)c1.Oc1cccc2cccnc12. The van der Waals surface area contributed by atoms with Crippen LogP contribution in [0.2, 0.25) is 10.0 Å². The van der Waals surface area contributed by atoms with E-state index in [0.717, 1.165) is 40.8 Å². The maximum atomic E-state index is 13.3. The number of carbonyl (C=O) groups excluding carboxylic acids is 1. The second-order valence-corrected chi connectivity index (χ2v) is 14.4. The molecule has 0 bridgehead atoms. The Kier molecular flexibility index (Phi) is 15.5.